The largest absolute Gasteiger partial charge is 0.273 e. The maximum absolute atomic E-state index is 12.3. The molecule has 2 heterocycles. The van der Waals surface area contributed by atoms with Crippen molar-refractivity contribution in [2.24, 2.45) is 0 Å². The monoisotopic (exact) mass is 354 g/mol. The molecule has 0 spiro atoms. The second-order valence-electron chi connectivity index (χ2n) is 4.39. The van der Waals surface area contributed by atoms with Gasteiger partial charge in [-0.25, -0.2) is 17.8 Å². The molecule has 0 saturated heterocycles. The molecular formula is C13H11ClN4O2S2. The van der Waals surface area contributed by atoms with Gasteiger partial charge < -0.3 is 0 Å². The number of hydrogen-bond acceptors (Lipinski definition) is 5. The van der Waals surface area contributed by atoms with Gasteiger partial charge in [-0.3, -0.25) is 0 Å². The number of halogens is 1. The first-order valence-corrected chi connectivity index (χ1v) is 8.92. The van der Waals surface area contributed by atoms with Crippen molar-refractivity contribution in [1.29, 1.82) is 0 Å². The van der Waals surface area contributed by atoms with Crippen molar-refractivity contribution < 1.29 is 8.42 Å². The number of sulfonamides is 1. The Kier molecular flexibility index (Phi) is 4.14. The summed E-state index contributed by atoms with van der Waals surface area (Å²) in [6, 6.07) is 12.6. The van der Waals surface area contributed by atoms with Gasteiger partial charge in [-0.05, 0) is 17.7 Å². The highest BCUT2D eigenvalue weighted by Gasteiger charge is 2.19. The second kappa shape index (κ2) is 6.07. The summed E-state index contributed by atoms with van der Waals surface area (Å²) in [5, 5.41) is 4.05. The lowest BCUT2D eigenvalue weighted by molar-refractivity contribution is 0.601. The topological polar surface area (TPSA) is 76.9 Å². The first-order valence-electron chi connectivity index (χ1n) is 6.24. The number of anilines is 1. The fraction of sp³-hybridized carbons (Fsp3) is 0.0769. The van der Waals surface area contributed by atoms with Crippen LogP contribution in [0.15, 0.2) is 53.0 Å². The van der Waals surface area contributed by atoms with Crippen LogP contribution in [0.2, 0.25) is 4.34 Å². The van der Waals surface area contributed by atoms with Crippen LogP contribution in [0.25, 0.3) is 0 Å². The number of rotatable bonds is 5. The molecular weight excluding hydrogens is 344 g/mol. The Morgan fingerprint density at radius 1 is 1.18 bits per heavy atom. The standard InChI is InChI=1S/C13H11ClN4O2S2/c14-11-6-7-12(21-11)22(19,20)17-13-15-9-16-18(13)8-10-4-2-1-3-5-10/h1-7,9H,8H2,(H,15,16,17). The number of nitrogens with one attached hydrogen (secondary N) is 1. The van der Waals surface area contributed by atoms with Crippen LogP contribution in [0.1, 0.15) is 5.56 Å². The van der Waals surface area contributed by atoms with E-state index in [0.29, 0.717) is 10.9 Å². The molecule has 3 rings (SSSR count). The van der Waals surface area contributed by atoms with Gasteiger partial charge in [-0.2, -0.15) is 10.1 Å². The smallest absolute Gasteiger partial charge is 0.247 e. The van der Waals surface area contributed by atoms with Crippen LogP contribution in [0.5, 0.6) is 0 Å². The molecule has 114 valence electrons. The van der Waals surface area contributed by atoms with Gasteiger partial charge in [0.2, 0.25) is 5.95 Å². The highest BCUT2D eigenvalue weighted by atomic mass is 35.5. The third-order valence-electron chi connectivity index (χ3n) is 2.83. The molecule has 22 heavy (non-hydrogen) atoms. The van der Waals surface area contributed by atoms with Crippen LogP contribution in [0.3, 0.4) is 0 Å². The van der Waals surface area contributed by atoms with E-state index < -0.39 is 10.0 Å². The van der Waals surface area contributed by atoms with E-state index in [4.69, 9.17) is 11.6 Å². The third-order valence-corrected chi connectivity index (χ3v) is 5.88. The number of aromatic nitrogens is 3. The van der Waals surface area contributed by atoms with Gasteiger partial charge in [0.1, 0.15) is 10.5 Å². The molecule has 0 bridgehead atoms. The van der Waals surface area contributed by atoms with Crippen molar-refractivity contribution in [3.8, 4) is 0 Å². The number of benzene rings is 1. The molecule has 9 heteroatoms. The predicted molar refractivity (Wildman–Crippen MR) is 85.7 cm³/mol. The van der Waals surface area contributed by atoms with E-state index in [1.54, 1.807) is 0 Å². The Balaban J connectivity index is 1.83. The van der Waals surface area contributed by atoms with Gasteiger partial charge in [0, 0.05) is 0 Å². The molecule has 0 amide bonds. The summed E-state index contributed by atoms with van der Waals surface area (Å²) < 4.78 is 29.0. The number of thiophene rings is 1. The zero-order valence-electron chi connectivity index (χ0n) is 11.2. The van der Waals surface area contributed by atoms with Crippen LogP contribution in [-0.2, 0) is 16.6 Å². The molecule has 0 fully saturated rings. The van der Waals surface area contributed by atoms with Gasteiger partial charge in [0.05, 0.1) is 10.9 Å². The molecule has 0 aliphatic heterocycles. The van der Waals surface area contributed by atoms with E-state index in [2.05, 4.69) is 14.8 Å². The SMILES string of the molecule is O=S(=O)(Nc1ncnn1Cc1ccccc1)c1ccc(Cl)s1. The highest BCUT2D eigenvalue weighted by molar-refractivity contribution is 7.94. The fourth-order valence-corrected chi connectivity index (χ4v) is 4.32. The molecule has 0 aliphatic rings. The van der Waals surface area contributed by atoms with Crippen molar-refractivity contribution >= 4 is 38.9 Å². The minimum atomic E-state index is -3.72. The Morgan fingerprint density at radius 3 is 2.64 bits per heavy atom. The molecule has 1 aromatic carbocycles. The van der Waals surface area contributed by atoms with Gasteiger partial charge in [0.25, 0.3) is 10.0 Å². The maximum atomic E-state index is 12.3. The Labute approximate surface area is 136 Å². The van der Waals surface area contributed by atoms with Crippen molar-refractivity contribution in [2.75, 3.05) is 4.72 Å². The quantitative estimate of drug-likeness (QED) is 0.764. The summed E-state index contributed by atoms with van der Waals surface area (Å²) in [5.41, 5.74) is 0.993. The van der Waals surface area contributed by atoms with E-state index >= 15 is 0 Å². The summed E-state index contributed by atoms with van der Waals surface area (Å²) in [6.45, 7) is 0.421. The zero-order valence-corrected chi connectivity index (χ0v) is 13.6. The molecule has 6 nitrogen and oxygen atoms in total. The average molecular weight is 355 g/mol. The summed E-state index contributed by atoms with van der Waals surface area (Å²) in [5.74, 6) is 0.161. The Bertz CT molecular complexity index is 874. The van der Waals surface area contributed by atoms with Crippen molar-refractivity contribution in [2.45, 2.75) is 10.8 Å². The predicted octanol–water partition coefficient (Wildman–Crippen LogP) is 2.84. The normalized spacial score (nSPS) is 11.5. The van der Waals surface area contributed by atoms with Crippen molar-refractivity contribution in [1.82, 2.24) is 14.8 Å². The van der Waals surface area contributed by atoms with E-state index in [-0.39, 0.29) is 10.2 Å². The molecule has 2 aromatic heterocycles. The molecule has 0 atom stereocenters. The highest BCUT2D eigenvalue weighted by Crippen LogP contribution is 2.26. The lowest BCUT2D eigenvalue weighted by atomic mass is 10.2. The summed E-state index contributed by atoms with van der Waals surface area (Å²) >= 11 is 6.76. The Morgan fingerprint density at radius 2 is 1.95 bits per heavy atom. The van der Waals surface area contributed by atoms with Crippen molar-refractivity contribution in [3.63, 3.8) is 0 Å². The molecule has 1 N–H and O–H groups in total. The Hall–Kier alpha value is -1.90. The zero-order chi connectivity index (χ0) is 15.6. The molecule has 0 radical (unpaired) electrons. The molecule has 0 aliphatic carbocycles. The first-order chi connectivity index (χ1) is 10.5. The minimum Gasteiger partial charge on any atom is -0.247 e. The summed E-state index contributed by atoms with van der Waals surface area (Å²) in [7, 11) is -3.72. The first kappa shape index (κ1) is 15.0. The van der Waals surface area contributed by atoms with E-state index in [0.717, 1.165) is 16.9 Å². The summed E-state index contributed by atoms with van der Waals surface area (Å²) in [4.78, 5) is 3.96. The average Bonchev–Trinajstić information content (AvgIpc) is 3.10. The minimum absolute atomic E-state index is 0.131. The van der Waals surface area contributed by atoms with Gasteiger partial charge in [-0.15, -0.1) is 11.3 Å². The number of nitrogens with zero attached hydrogens (tertiary/aromatic N) is 3. The molecule has 3 aromatic rings. The van der Waals surface area contributed by atoms with Gasteiger partial charge in [-0.1, -0.05) is 41.9 Å². The van der Waals surface area contributed by atoms with E-state index in [1.165, 1.54) is 23.1 Å². The van der Waals surface area contributed by atoms with Crippen LogP contribution < -0.4 is 4.72 Å². The second-order valence-corrected chi connectivity index (χ2v) is 8.02. The van der Waals surface area contributed by atoms with Crippen LogP contribution >= 0.6 is 22.9 Å². The molecule has 0 saturated carbocycles. The van der Waals surface area contributed by atoms with Crippen LogP contribution in [0, 0.1) is 0 Å². The van der Waals surface area contributed by atoms with Crippen molar-refractivity contribution in [3.05, 3.63) is 58.7 Å². The maximum Gasteiger partial charge on any atom is 0.273 e. The van der Waals surface area contributed by atoms with E-state index in [1.807, 2.05) is 30.3 Å². The summed E-state index contributed by atoms with van der Waals surface area (Å²) in [6.07, 6.45) is 1.31. The van der Waals surface area contributed by atoms with Gasteiger partial charge in [0.15, 0.2) is 0 Å². The molecule has 0 unspecified atom stereocenters. The van der Waals surface area contributed by atoms with Crippen LogP contribution in [0.4, 0.5) is 5.95 Å². The van der Waals surface area contributed by atoms with Crippen LogP contribution in [-0.4, -0.2) is 23.2 Å². The lowest BCUT2D eigenvalue weighted by Crippen LogP contribution is -2.16. The number of hydrogen-bond donors (Lipinski definition) is 1. The fourth-order valence-electron chi connectivity index (χ4n) is 1.83. The van der Waals surface area contributed by atoms with E-state index in [9.17, 15) is 8.42 Å². The third kappa shape index (κ3) is 3.29. The lowest BCUT2D eigenvalue weighted by Gasteiger charge is -2.08. The van der Waals surface area contributed by atoms with Gasteiger partial charge >= 0.3 is 0 Å².